The average molecular weight is 341 g/mol. The van der Waals surface area contributed by atoms with E-state index in [1.54, 1.807) is 0 Å². The number of nitrogens with zero attached hydrogens (tertiary/aromatic N) is 1. The standard InChI is InChI=1S/C21H27NO3/c1-18-9-5-16-17(21(18,23)11-4-15(18)12-22)6-10-20-8-3-2-7-19(16,20)13-24-14-25-20/h2,5,7,15,17,23H,3-4,6,8-11,13-14H2,1H3/t15-,17-,18-,19+,20+,21+/m1/s1. The number of aliphatic hydroxyl groups is 1. The highest BCUT2D eigenvalue weighted by Gasteiger charge is 2.68. The van der Waals surface area contributed by atoms with Crippen LogP contribution in [0.5, 0.6) is 0 Å². The first-order chi connectivity index (χ1) is 12.0. The molecule has 3 fully saturated rings. The average Bonchev–Trinajstić information content (AvgIpc) is 2.91. The van der Waals surface area contributed by atoms with Crippen LogP contribution in [0.4, 0.5) is 0 Å². The molecule has 0 aromatic heterocycles. The first-order valence-corrected chi connectivity index (χ1v) is 9.73. The van der Waals surface area contributed by atoms with Gasteiger partial charge in [0, 0.05) is 11.3 Å². The summed E-state index contributed by atoms with van der Waals surface area (Å²) in [6.07, 6.45) is 13.3. The summed E-state index contributed by atoms with van der Waals surface area (Å²) in [6.45, 7) is 3.16. The summed E-state index contributed by atoms with van der Waals surface area (Å²) in [5.41, 5.74) is -0.177. The van der Waals surface area contributed by atoms with Crippen molar-refractivity contribution < 1.29 is 14.6 Å². The van der Waals surface area contributed by atoms with E-state index in [-0.39, 0.29) is 28.3 Å². The van der Waals surface area contributed by atoms with Crippen LogP contribution in [-0.4, -0.2) is 29.7 Å². The van der Waals surface area contributed by atoms with Gasteiger partial charge in [-0.2, -0.15) is 5.26 Å². The molecule has 0 amide bonds. The molecule has 6 atom stereocenters. The molecule has 0 aromatic carbocycles. The molecule has 0 bridgehead atoms. The molecule has 4 heteroatoms. The molecule has 1 heterocycles. The van der Waals surface area contributed by atoms with Gasteiger partial charge in [-0.05, 0) is 44.9 Å². The fourth-order valence-electron chi connectivity index (χ4n) is 6.93. The third kappa shape index (κ3) is 1.68. The zero-order valence-electron chi connectivity index (χ0n) is 15.0. The second-order valence-electron chi connectivity index (χ2n) is 9.03. The topological polar surface area (TPSA) is 62.5 Å². The van der Waals surface area contributed by atoms with E-state index < -0.39 is 5.60 Å². The normalized spacial score (nSPS) is 53.7. The van der Waals surface area contributed by atoms with Gasteiger partial charge in [-0.15, -0.1) is 0 Å². The van der Waals surface area contributed by atoms with Crippen molar-refractivity contribution in [2.24, 2.45) is 22.7 Å². The van der Waals surface area contributed by atoms with Crippen LogP contribution in [-0.2, 0) is 9.47 Å². The van der Waals surface area contributed by atoms with Crippen molar-refractivity contribution in [1.82, 2.24) is 0 Å². The number of fused-ring (bicyclic) bond motifs is 3. The van der Waals surface area contributed by atoms with E-state index in [4.69, 9.17) is 9.47 Å². The molecular formula is C21H27NO3. The molecule has 4 nitrogen and oxygen atoms in total. The lowest BCUT2D eigenvalue weighted by Gasteiger charge is -2.63. The number of nitriles is 1. The highest BCUT2D eigenvalue weighted by Crippen LogP contribution is 2.68. The van der Waals surface area contributed by atoms with Crippen molar-refractivity contribution in [2.45, 2.75) is 63.1 Å². The maximum atomic E-state index is 11.8. The molecule has 1 saturated heterocycles. The summed E-state index contributed by atoms with van der Waals surface area (Å²) in [6, 6.07) is 2.48. The van der Waals surface area contributed by atoms with E-state index in [2.05, 4.69) is 31.2 Å². The van der Waals surface area contributed by atoms with Gasteiger partial charge in [0.2, 0.25) is 0 Å². The molecule has 0 radical (unpaired) electrons. The van der Waals surface area contributed by atoms with Crippen molar-refractivity contribution in [3.05, 3.63) is 23.8 Å². The molecule has 2 saturated carbocycles. The molecule has 5 aliphatic rings. The Labute approximate surface area is 149 Å². The number of hydrogen-bond acceptors (Lipinski definition) is 4. The SMILES string of the molecule is C[C@]12CC=C3[C@@H](CC[C@@]45CCC=C[C@]34COCO5)[C@@]1(O)CC[C@@H]2C#N. The minimum atomic E-state index is -0.777. The largest absolute Gasteiger partial charge is 0.389 e. The Kier molecular flexibility index (Phi) is 3.19. The molecule has 134 valence electrons. The Hall–Kier alpha value is -1.15. The highest BCUT2D eigenvalue weighted by atomic mass is 16.7. The van der Waals surface area contributed by atoms with Gasteiger partial charge in [0.05, 0.1) is 35.2 Å². The lowest BCUT2D eigenvalue weighted by molar-refractivity contribution is -0.266. The van der Waals surface area contributed by atoms with E-state index in [0.29, 0.717) is 13.4 Å². The van der Waals surface area contributed by atoms with Crippen LogP contribution in [0, 0.1) is 34.0 Å². The fraction of sp³-hybridized carbons (Fsp3) is 0.762. The molecule has 25 heavy (non-hydrogen) atoms. The molecule has 5 rings (SSSR count). The minimum absolute atomic E-state index is 0.0553. The number of allylic oxidation sites excluding steroid dienone is 2. The van der Waals surface area contributed by atoms with Gasteiger partial charge < -0.3 is 14.6 Å². The van der Waals surface area contributed by atoms with Gasteiger partial charge in [0.1, 0.15) is 6.79 Å². The summed E-state index contributed by atoms with van der Waals surface area (Å²) in [5.74, 6) is 0.0611. The lowest BCUT2D eigenvalue weighted by Crippen LogP contribution is -2.65. The predicted octanol–water partition coefficient (Wildman–Crippen LogP) is 3.48. The Morgan fingerprint density at radius 2 is 2.16 bits per heavy atom. The number of hydrogen-bond donors (Lipinski definition) is 1. The zero-order chi connectivity index (χ0) is 17.3. The van der Waals surface area contributed by atoms with Gasteiger partial charge >= 0.3 is 0 Å². The maximum absolute atomic E-state index is 11.8. The van der Waals surface area contributed by atoms with Gasteiger partial charge in [0.25, 0.3) is 0 Å². The zero-order valence-corrected chi connectivity index (χ0v) is 15.0. The van der Waals surface area contributed by atoms with E-state index in [0.717, 1.165) is 44.9 Å². The van der Waals surface area contributed by atoms with Crippen LogP contribution < -0.4 is 0 Å². The molecular weight excluding hydrogens is 314 g/mol. The summed E-state index contributed by atoms with van der Waals surface area (Å²) < 4.78 is 12.1. The van der Waals surface area contributed by atoms with Gasteiger partial charge in [-0.1, -0.05) is 30.7 Å². The smallest absolute Gasteiger partial charge is 0.147 e. The third-order valence-corrected chi connectivity index (χ3v) is 8.46. The molecule has 0 unspecified atom stereocenters. The Morgan fingerprint density at radius 3 is 3.00 bits per heavy atom. The summed E-state index contributed by atoms with van der Waals surface area (Å²) in [7, 11) is 0. The first-order valence-electron chi connectivity index (χ1n) is 9.73. The third-order valence-electron chi connectivity index (χ3n) is 8.46. The van der Waals surface area contributed by atoms with E-state index >= 15 is 0 Å². The van der Waals surface area contributed by atoms with Crippen LogP contribution >= 0.6 is 0 Å². The van der Waals surface area contributed by atoms with E-state index in [9.17, 15) is 10.4 Å². The van der Waals surface area contributed by atoms with Crippen molar-refractivity contribution >= 4 is 0 Å². The molecule has 1 N–H and O–H groups in total. The predicted molar refractivity (Wildman–Crippen MR) is 92.3 cm³/mol. The summed E-state index contributed by atoms with van der Waals surface area (Å²) in [4.78, 5) is 0. The second kappa shape index (κ2) is 4.97. The lowest BCUT2D eigenvalue weighted by atomic mass is 9.46. The Morgan fingerprint density at radius 1 is 1.28 bits per heavy atom. The fourth-order valence-corrected chi connectivity index (χ4v) is 6.93. The van der Waals surface area contributed by atoms with Gasteiger partial charge in [-0.25, -0.2) is 0 Å². The monoisotopic (exact) mass is 341 g/mol. The Bertz CT molecular complexity index is 708. The van der Waals surface area contributed by atoms with Crippen LogP contribution in [0.1, 0.15) is 51.9 Å². The van der Waals surface area contributed by atoms with Crippen molar-refractivity contribution in [3.63, 3.8) is 0 Å². The summed E-state index contributed by atoms with van der Waals surface area (Å²) in [5, 5.41) is 21.5. The second-order valence-corrected chi connectivity index (χ2v) is 9.03. The van der Waals surface area contributed by atoms with Crippen LogP contribution in [0.25, 0.3) is 0 Å². The van der Waals surface area contributed by atoms with Crippen molar-refractivity contribution in [3.8, 4) is 6.07 Å². The van der Waals surface area contributed by atoms with E-state index in [1.807, 2.05) is 0 Å². The molecule has 4 aliphatic carbocycles. The maximum Gasteiger partial charge on any atom is 0.147 e. The highest BCUT2D eigenvalue weighted by molar-refractivity contribution is 5.41. The Balaban J connectivity index is 1.66. The van der Waals surface area contributed by atoms with Crippen LogP contribution in [0.2, 0.25) is 0 Å². The van der Waals surface area contributed by atoms with Crippen LogP contribution in [0.3, 0.4) is 0 Å². The number of rotatable bonds is 0. The van der Waals surface area contributed by atoms with Crippen molar-refractivity contribution in [1.29, 1.82) is 5.26 Å². The molecule has 0 spiro atoms. The molecule has 1 aliphatic heterocycles. The first kappa shape index (κ1) is 16.1. The van der Waals surface area contributed by atoms with Crippen molar-refractivity contribution in [2.75, 3.05) is 13.4 Å². The van der Waals surface area contributed by atoms with Gasteiger partial charge in [0.15, 0.2) is 0 Å². The molecule has 0 aromatic rings. The quantitative estimate of drug-likeness (QED) is 0.685. The van der Waals surface area contributed by atoms with Crippen LogP contribution in [0.15, 0.2) is 23.8 Å². The summed E-state index contributed by atoms with van der Waals surface area (Å²) >= 11 is 0. The minimum Gasteiger partial charge on any atom is -0.389 e. The van der Waals surface area contributed by atoms with Gasteiger partial charge in [-0.3, -0.25) is 0 Å². The number of ether oxygens (including phenoxy) is 2. The van der Waals surface area contributed by atoms with E-state index in [1.165, 1.54) is 5.57 Å².